The summed E-state index contributed by atoms with van der Waals surface area (Å²) in [5.74, 6) is 1.46. The summed E-state index contributed by atoms with van der Waals surface area (Å²) in [5.41, 5.74) is 1.53. The average Bonchev–Trinajstić information content (AvgIpc) is 2.53. The predicted molar refractivity (Wildman–Crippen MR) is 97.1 cm³/mol. The molecule has 0 bridgehead atoms. The first-order valence-corrected chi connectivity index (χ1v) is 10.2. The van der Waals surface area contributed by atoms with Gasteiger partial charge in [-0.15, -0.1) is 0 Å². The van der Waals surface area contributed by atoms with Crippen LogP contribution in [0.2, 0.25) is 0 Å². The molecule has 0 amide bonds. The summed E-state index contributed by atoms with van der Waals surface area (Å²) in [5, 5.41) is 0. The molecule has 1 saturated heterocycles. The Bertz CT molecular complexity index is 658. The fourth-order valence-electron chi connectivity index (χ4n) is 3.35. The zero-order valence-electron chi connectivity index (χ0n) is 15.3. The van der Waals surface area contributed by atoms with Crippen LogP contribution in [0.4, 0.5) is 0 Å². The number of piperidine rings is 1. The van der Waals surface area contributed by atoms with Crippen LogP contribution in [0.3, 0.4) is 0 Å². The van der Waals surface area contributed by atoms with E-state index >= 15 is 0 Å². The summed E-state index contributed by atoms with van der Waals surface area (Å²) in [4.78, 5) is 2.78. The van der Waals surface area contributed by atoms with E-state index in [1.807, 2.05) is 6.92 Å². The number of hydrogen-bond donors (Lipinski definition) is 1. The highest BCUT2D eigenvalue weighted by atomic mass is 32.2. The molecule has 24 heavy (non-hydrogen) atoms. The topological polar surface area (TPSA) is 58.6 Å². The molecule has 0 saturated carbocycles. The Kier molecular flexibility index (Phi) is 6.66. The molecule has 6 heteroatoms. The van der Waals surface area contributed by atoms with Crippen molar-refractivity contribution in [3.05, 3.63) is 23.3 Å². The highest BCUT2D eigenvalue weighted by Gasteiger charge is 2.19. The Morgan fingerprint density at radius 1 is 1.29 bits per heavy atom. The molecule has 5 nitrogen and oxygen atoms in total. The molecule has 2 rings (SSSR count). The van der Waals surface area contributed by atoms with Crippen LogP contribution in [0.1, 0.15) is 37.3 Å². The lowest BCUT2D eigenvalue weighted by molar-refractivity contribution is 0.182. The molecule has 136 valence electrons. The maximum absolute atomic E-state index is 12.5. The van der Waals surface area contributed by atoms with Gasteiger partial charge in [0.15, 0.2) is 0 Å². The predicted octanol–water partition coefficient (Wildman–Crippen LogP) is 2.71. The highest BCUT2D eigenvalue weighted by Crippen LogP contribution is 2.25. The van der Waals surface area contributed by atoms with Gasteiger partial charge in [-0.2, -0.15) is 0 Å². The smallest absolute Gasteiger partial charge is 0.240 e. The molecular weight excluding hydrogens is 324 g/mol. The lowest BCUT2D eigenvalue weighted by atomic mass is 10.0. The molecule has 1 atom stereocenters. The fraction of sp³-hybridized carbons (Fsp3) is 0.667. The van der Waals surface area contributed by atoms with Crippen LogP contribution in [0.25, 0.3) is 0 Å². The van der Waals surface area contributed by atoms with E-state index in [2.05, 4.69) is 16.5 Å². The minimum Gasteiger partial charge on any atom is -0.496 e. The van der Waals surface area contributed by atoms with Gasteiger partial charge >= 0.3 is 0 Å². The van der Waals surface area contributed by atoms with E-state index in [0.29, 0.717) is 22.8 Å². The lowest BCUT2D eigenvalue weighted by Crippen LogP contribution is -2.36. The van der Waals surface area contributed by atoms with Gasteiger partial charge in [0, 0.05) is 13.1 Å². The summed E-state index contributed by atoms with van der Waals surface area (Å²) in [7, 11) is -1.88. The molecule has 1 N–H and O–H groups in total. The van der Waals surface area contributed by atoms with Crippen LogP contribution in [0, 0.1) is 19.8 Å². The van der Waals surface area contributed by atoms with Crippen LogP contribution in [0.15, 0.2) is 17.0 Å². The maximum atomic E-state index is 12.5. The average molecular weight is 355 g/mol. The third-order valence-corrected chi connectivity index (χ3v) is 6.27. The SMILES string of the molecule is COc1cc(C)c(S(=O)(=O)NCCCN2CCCC(C)C2)cc1C. The van der Waals surface area contributed by atoms with Crippen LogP contribution in [-0.4, -0.2) is 46.6 Å². The van der Waals surface area contributed by atoms with Crippen molar-refractivity contribution >= 4 is 10.0 Å². The zero-order chi connectivity index (χ0) is 17.7. The molecule has 1 aliphatic rings. The van der Waals surface area contributed by atoms with Crippen molar-refractivity contribution in [1.29, 1.82) is 0 Å². The Hall–Kier alpha value is -1.11. The molecule has 0 aliphatic carbocycles. The normalized spacial score (nSPS) is 19.4. The Morgan fingerprint density at radius 2 is 2.04 bits per heavy atom. The summed E-state index contributed by atoms with van der Waals surface area (Å²) in [6, 6.07) is 3.46. The van der Waals surface area contributed by atoms with E-state index in [9.17, 15) is 8.42 Å². The number of hydrogen-bond acceptors (Lipinski definition) is 4. The Balaban J connectivity index is 1.91. The van der Waals surface area contributed by atoms with Crippen LogP contribution >= 0.6 is 0 Å². The first-order chi connectivity index (χ1) is 11.3. The summed E-state index contributed by atoms with van der Waals surface area (Å²) >= 11 is 0. The number of benzene rings is 1. The number of aryl methyl sites for hydroxylation is 2. The molecule has 0 spiro atoms. The minimum absolute atomic E-state index is 0.340. The highest BCUT2D eigenvalue weighted by molar-refractivity contribution is 7.89. The van der Waals surface area contributed by atoms with Gasteiger partial charge in [0.05, 0.1) is 12.0 Å². The number of nitrogens with zero attached hydrogens (tertiary/aromatic N) is 1. The summed E-state index contributed by atoms with van der Waals surface area (Å²) in [6.07, 6.45) is 3.39. The van der Waals surface area contributed by atoms with Crippen molar-refractivity contribution in [2.45, 2.75) is 44.9 Å². The van der Waals surface area contributed by atoms with Crippen molar-refractivity contribution < 1.29 is 13.2 Å². The quantitative estimate of drug-likeness (QED) is 0.765. The van der Waals surface area contributed by atoms with Gasteiger partial charge in [-0.1, -0.05) is 6.92 Å². The van der Waals surface area contributed by atoms with E-state index in [0.717, 1.165) is 37.5 Å². The molecule has 0 aromatic heterocycles. The van der Waals surface area contributed by atoms with Crippen molar-refractivity contribution in [2.75, 3.05) is 33.3 Å². The molecule has 1 heterocycles. The first-order valence-electron chi connectivity index (χ1n) is 8.70. The number of sulfonamides is 1. The molecule has 1 aromatic carbocycles. The fourth-order valence-corrected chi connectivity index (χ4v) is 4.73. The van der Waals surface area contributed by atoms with E-state index in [4.69, 9.17) is 4.74 Å². The van der Waals surface area contributed by atoms with Gasteiger partial charge in [0.1, 0.15) is 5.75 Å². The van der Waals surface area contributed by atoms with Gasteiger partial charge in [-0.05, 0) is 75.4 Å². The van der Waals surface area contributed by atoms with Crippen molar-refractivity contribution in [3.63, 3.8) is 0 Å². The second kappa shape index (κ2) is 8.32. The summed E-state index contributed by atoms with van der Waals surface area (Å²) < 4.78 is 33.1. The van der Waals surface area contributed by atoms with E-state index in [1.165, 1.54) is 12.8 Å². The second-order valence-electron chi connectivity index (χ2n) is 6.89. The number of nitrogens with one attached hydrogen (secondary N) is 1. The Morgan fingerprint density at radius 3 is 2.71 bits per heavy atom. The van der Waals surface area contributed by atoms with Crippen LogP contribution in [0.5, 0.6) is 5.75 Å². The van der Waals surface area contributed by atoms with Gasteiger partial charge in [-0.3, -0.25) is 0 Å². The van der Waals surface area contributed by atoms with Gasteiger partial charge < -0.3 is 9.64 Å². The van der Waals surface area contributed by atoms with Crippen molar-refractivity contribution in [1.82, 2.24) is 9.62 Å². The molecule has 1 fully saturated rings. The molecule has 1 unspecified atom stereocenters. The third-order valence-electron chi connectivity index (χ3n) is 4.67. The van der Waals surface area contributed by atoms with Gasteiger partial charge in [0.2, 0.25) is 10.0 Å². The number of methoxy groups -OCH3 is 1. The number of likely N-dealkylation sites (tertiary alicyclic amines) is 1. The van der Waals surface area contributed by atoms with Gasteiger partial charge in [-0.25, -0.2) is 13.1 Å². The van der Waals surface area contributed by atoms with Crippen molar-refractivity contribution in [2.24, 2.45) is 5.92 Å². The van der Waals surface area contributed by atoms with Crippen LogP contribution in [-0.2, 0) is 10.0 Å². The van der Waals surface area contributed by atoms with E-state index in [1.54, 1.807) is 26.2 Å². The van der Waals surface area contributed by atoms with E-state index < -0.39 is 10.0 Å². The van der Waals surface area contributed by atoms with Crippen LogP contribution < -0.4 is 9.46 Å². The second-order valence-corrected chi connectivity index (χ2v) is 8.62. The standard InChI is InChI=1S/C18H30N2O3S/c1-14-7-5-9-20(13-14)10-6-8-19-24(21,22)18-12-15(2)17(23-4)11-16(18)3/h11-12,14,19H,5-10,13H2,1-4H3. The maximum Gasteiger partial charge on any atom is 0.240 e. The zero-order valence-corrected chi connectivity index (χ0v) is 16.1. The largest absolute Gasteiger partial charge is 0.496 e. The van der Waals surface area contributed by atoms with E-state index in [-0.39, 0.29) is 0 Å². The first kappa shape index (κ1) is 19.2. The molecule has 1 aliphatic heterocycles. The van der Waals surface area contributed by atoms with Gasteiger partial charge in [0.25, 0.3) is 0 Å². The molecule has 1 aromatic rings. The lowest BCUT2D eigenvalue weighted by Gasteiger charge is -2.30. The summed E-state index contributed by atoms with van der Waals surface area (Å²) in [6.45, 7) is 9.62. The molecule has 0 radical (unpaired) electrons. The third kappa shape index (κ3) is 4.94. The Labute approximate surface area is 146 Å². The molecular formula is C18H30N2O3S. The minimum atomic E-state index is -3.48. The van der Waals surface area contributed by atoms with Crippen molar-refractivity contribution in [3.8, 4) is 5.75 Å². The number of rotatable bonds is 7. The monoisotopic (exact) mass is 354 g/mol. The number of ether oxygens (including phenoxy) is 1.